The van der Waals surface area contributed by atoms with Gasteiger partial charge in [0.05, 0.1) is 13.2 Å². The molecule has 0 fully saturated rings. The second kappa shape index (κ2) is 6.87. The van der Waals surface area contributed by atoms with E-state index in [0.717, 1.165) is 17.9 Å². The SMILES string of the molecule is CCC(C)(c1ccc(OC)cc1)c1ccc(OC(C)C)cc1. The Balaban J connectivity index is 2.32. The van der Waals surface area contributed by atoms with Gasteiger partial charge in [-0.15, -0.1) is 0 Å². The maximum atomic E-state index is 5.73. The lowest BCUT2D eigenvalue weighted by Gasteiger charge is -2.30. The summed E-state index contributed by atoms with van der Waals surface area (Å²) in [5, 5.41) is 0. The van der Waals surface area contributed by atoms with Gasteiger partial charge in [0.15, 0.2) is 0 Å². The second-order valence-corrected chi connectivity index (χ2v) is 6.11. The first-order valence-electron chi connectivity index (χ1n) is 7.91. The maximum Gasteiger partial charge on any atom is 0.119 e. The predicted molar refractivity (Wildman–Crippen MR) is 91.9 cm³/mol. The van der Waals surface area contributed by atoms with Crippen LogP contribution in [-0.2, 0) is 5.41 Å². The largest absolute Gasteiger partial charge is 0.497 e. The fourth-order valence-electron chi connectivity index (χ4n) is 2.71. The van der Waals surface area contributed by atoms with Crippen LogP contribution in [-0.4, -0.2) is 13.2 Å². The van der Waals surface area contributed by atoms with E-state index in [0.29, 0.717) is 0 Å². The highest BCUT2D eigenvalue weighted by Crippen LogP contribution is 2.36. The summed E-state index contributed by atoms with van der Waals surface area (Å²) in [7, 11) is 1.70. The summed E-state index contributed by atoms with van der Waals surface area (Å²) in [5.41, 5.74) is 2.59. The molecule has 0 heterocycles. The number of rotatable bonds is 6. The van der Waals surface area contributed by atoms with Crippen LogP contribution in [0.4, 0.5) is 0 Å². The monoisotopic (exact) mass is 298 g/mol. The molecule has 0 saturated carbocycles. The highest BCUT2D eigenvalue weighted by Gasteiger charge is 2.26. The van der Waals surface area contributed by atoms with Crippen LogP contribution in [0.15, 0.2) is 48.5 Å². The van der Waals surface area contributed by atoms with Crippen LogP contribution in [0, 0.1) is 0 Å². The van der Waals surface area contributed by atoms with Gasteiger partial charge in [-0.1, -0.05) is 38.1 Å². The van der Waals surface area contributed by atoms with E-state index >= 15 is 0 Å². The van der Waals surface area contributed by atoms with Crippen molar-refractivity contribution in [3.05, 3.63) is 59.7 Å². The Hall–Kier alpha value is -1.96. The summed E-state index contributed by atoms with van der Waals surface area (Å²) in [6, 6.07) is 16.8. The number of benzene rings is 2. The Morgan fingerprint density at radius 3 is 1.68 bits per heavy atom. The molecule has 0 aromatic heterocycles. The molecule has 0 radical (unpaired) electrons. The lowest BCUT2D eigenvalue weighted by atomic mass is 9.74. The highest BCUT2D eigenvalue weighted by molar-refractivity contribution is 5.42. The number of hydrogen-bond donors (Lipinski definition) is 0. The van der Waals surface area contributed by atoms with Crippen molar-refractivity contribution in [1.29, 1.82) is 0 Å². The van der Waals surface area contributed by atoms with Crippen LogP contribution in [0.2, 0.25) is 0 Å². The van der Waals surface area contributed by atoms with Crippen LogP contribution in [0.1, 0.15) is 45.2 Å². The average molecular weight is 298 g/mol. The smallest absolute Gasteiger partial charge is 0.119 e. The molecule has 2 aromatic rings. The van der Waals surface area contributed by atoms with Gasteiger partial charge < -0.3 is 9.47 Å². The first-order chi connectivity index (χ1) is 10.5. The fraction of sp³-hybridized carbons (Fsp3) is 0.400. The summed E-state index contributed by atoms with van der Waals surface area (Å²) in [6.45, 7) is 8.60. The van der Waals surface area contributed by atoms with Gasteiger partial charge in [0.25, 0.3) is 0 Å². The molecular formula is C20H26O2. The predicted octanol–water partition coefficient (Wildman–Crippen LogP) is 5.20. The first-order valence-corrected chi connectivity index (χ1v) is 7.91. The summed E-state index contributed by atoms with van der Waals surface area (Å²) < 4.78 is 11.0. The van der Waals surface area contributed by atoms with E-state index in [1.165, 1.54) is 11.1 Å². The van der Waals surface area contributed by atoms with Gasteiger partial charge in [-0.25, -0.2) is 0 Å². The molecule has 0 aliphatic carbocycles. The van der Waals surface area contributed by atoms with Gasteiger partial charge >= 0.3 is 0 Å². The van der Waals surface area contributed by atoms with E-state index in [1.807, 2.05) is 26.0 Å². The van der Waals surface area contributed by atoms with Gasteiger partial charge in [0.2, 0.25) is 0 Å². The Labute approximate surface area is 134 Å². The van der Waals surface area contributed by atoms with Crippen LogP contribution in [0.25, 0.3) is 0 Å². The third kappa shape index (κ3) is 3.44. The Morgan fingerprint density at radius 2 is 1.32 bits per heavy atom. The maximum absolute atomic E-state index is 5.73. The zero-order valence-corrected chi connectivity index (χ0v) is 14.2. The van der Waals surface area contributed by atoms with Gasteiger partial charge in [-0.05, 0) is 55.7 Å². The molecule has 0 N–H and O–H groups in total. The van der Waals surface area contributed by atoms with E-state index in [2.05, 4.69) is 50.2 Å². The van der Waals surface area contributed by atoms with E-state index in [1.54, 1.807) is 7.11 Å². The molecule has 0 spiro atoms. The van der Waals surface area contributed by atoms with Crippen LogP contribution in [0.3, 0.4) is 0 Å². The fourth-order valence-corrected chi connectivity index (χ4v) is 2.71. The molecule has 2 rings (SSSR count). The molecule has 0 saturated heterocycles. The van der Waals surface area contributed by atoms with E-state index < -0.39 is 0 Å². The summed E-state index contributed by atoms with van der Waals surface area (Å²) in [4.78, 5) is 0. The minimum Gasteiger partial charge on any atom is -0.497 e. The lowest BCUT2D eigenvalue weighted by molar-refractivity contribution is 0.242. The van der Waals surface area contributed by atoms with Crippen molar-refractivity contribution >= 4 is 0 Å². The Kier molecular flexibility index (Phi) is 5.12. The minimum absolute atomic E-state index is 0.0113. The Morgan fingerprint density at radius 1 is 0.864 bits per heavy atom. The molecule has 0 amide bonds. The quantitative estimate of drug-likeness (QED) is 0.730. The van der Waals surface area contributed by atoms with Gasteiger partial charge in [0.1, 0.15) is 11.5 Å². The number of methoxy groups -OCH3 is 1. The standard InChI is InChI=1S/C20H26O2/c1-6-20(4,16-7-11-18(21-5)12-8-16)17-9-13-19(14-10-17)22-15(2)3/h7-15H,6H2,1-5H3. The van der Waals surface area contributed by atoms with Crippen LogP contribution < -0.4 is 9.47 Å². The van der Waals surface area contributed by atoms with Gasteiger partial charge in [0, 0.05) is 5.41 Å². The Bertz CT molecular complexity index is 584. The summed E-state index contributed by atoms with van der Waals surface area (Å²) in [6.07, 6.45) is 1.23. The summed E-state index contributed by atoms with van der Waals surface area (Å²) >= 11 is 0. The zero-order valence-electron chi connectivity index (χ0n) is 14.2. The molecule has 0 aliphatic heterocycles. The third-order valence-electron chi connectivity index (χ3n) is 4.30. The molecular weight excluding hydrogens is 272 g/mol. The van der Waals surface area contributed by atoms with Crippen molar-refractivity contribution in [1.82, 2.24) is 0 Å². The zero-order chi connectivity index (χ0) is 16.2. The van der Waals surface area contributed by atoms with Gasteiger partial charge in [-0.3, -0.25) is 0 Å². The lowest BCUT2D eigenvalue weighted by Crippen LogP contribution is -2.22. The van der Waals surface area contributed by atoms with Crippen LogP contribution >= 0.6 is 0 Å². The molecule has 0 aliphatic rings. The number of hydrogen-bond acceptors (Lipinski definition) is 2. The third-order valence-corrected chi connectivity index (χ3v) is 4.30. The normalized spacial score (nSPS) is 13.7. The van der Waals surface area contributed by atoms with Crippen molar-refractivity contribution in [3.8, 4) is 11.5 Å². The van der Waals surface area contributed by atoms with Gasteiger partial charge in [-0.2, -0.15) is 0 Å². The second-order valence-electron chi connectivity index (χ2n) is 6.11. The minimum atomic E-state index is -0.0113. The van der Waals surface area contributed by atoms with Crippen molar-refractivity contribution in [2.24, 2.45) is 0 Å². The van der Waals surface area contributed by atoms with Crippen molar-refractivity contribution in [2.75, 3.05) is 7.11 Å². The van der Waals surface area contributed by atoms with Crippen LogP contribution in [0.5, 0.6) is 11.5 Å². The molecule has 1 unspecified atom stereocenters. The average Bonchev–Trinajstić information content (AvgIpc) is 2.54. The van der Waals surface area contributed by atoms with Crippen molar-refractivity contribution < 1.29 is 9.47 Å². The molecule has 118 valence electrons. The van der Waals surface area contributed by atoms with E-state index in [9.17, 15) is 0 Å². The molecule has 2 heteroatoms. The van der Waals surface area contributed by atoms with Crippen molar-refractivity contribution in [3.63, 3.8) is 0 Å². The highest BCUT2D eigenvalue weighted by atomic mass is 16.5. The molecule has 2 nitrogen and oxygen atoms in total. The molecule has 2 aromatic carbocycles. The summed E-state index contributed by atoms with van der Waals surface area (Å²) in [5.74, 6) is 1.81. The topological polar surface area (TPSA) is 18.5 Å². The van der Waals surface area contributed by atoms with E-state index in [-0.39, 0.29) is 11.5 Å². The number of ether oxygens (including phenoxy) is 2. The molecule has 1 atom stereocenters. The first kappa shape index (κ1) is 16.4. The van der Waals surface area contributed by atoms with E-state index in [4.69, 9.17) is 9.47 Å². The molecule has 22 heavy (non-hydrogen) atoms. The van der Waals surface area contributed by atoms with Crippen molar-refractivity contribution in [2.45, 2.75) is 45.6 Å². The molecule has 0 bridgehead atoms.